The highest BCUT2D eigenvalue weighted by Gasteiger charge is 2.23. The molecule has 1 fully saturated rings. The van der Waals surface area contributed by atoms with E-state index in [1.807, 2.05) is 0 Å². The molecule has 29 heavy (non-hydrogen) atoms. The first-order valence-electron chi connectivity index (χ1n) is 9.80. The highest BCUT2D eigenvalue weighted by molar-refractivity contribution is 5.81. The van der Waals surface area contributed by atoms with E-state index in [9.17, 15) is 14.4 Å². The number of ether oxygens (including phenoxy) is 3. The number of allylic oxidation sites excluding steroid dienone is 1. The molecule has 0 bridgehead atoms. The number of carbonyl (C=O) groups is 3. The molecular formula is C22H36O7. The zero-order valence-electron chi connectivity index (χ0n) is 17.9. The summed E-state index contributed by atoms with van der Waals surface area (Å²) in [6, 6.07) is 0. The summed E-state index contributed by atoms with van der Waals surface area (Å²) in [6.07, 6.45) is 10.6. The summed E-state index contributed by atoms with van der Waals surface area (Å²) < 4.78 is 13.9. The fourth-order valence-corrected chi connectivity index (χ4v) is 1.79. The van der Waals surface area contributed by atoms with Gasteiger partial charge in [-0.15, -0.1) is 6.58 Å². The molecule has 1 unspecified atom stereocenters. The Hall–Kier alpha value is -2.41. The van der Waals surface area contributed by atoms with Crippen molar-refractivity contribution in [3.05, 3.63) is 37.6 Å². The maximum absolute atomic E-state index is 10.6. The largest absolute Gasteiger partial charge is 0.481 e. The molecule has 166 valence electrons. The van der Waals surface area contributed by atoms with E-state index in [4.69, 9.17) is 14.6 Å². The summed E-state index contributed by atoms with van der Waals surface area (Å²) in [5, 5.41) is 8.32. The van der Waals surface area contributed by atoms with Gasteiger partial charge in [0.05, 0.1) is 19.3 Å². The lowest BCUT2D eigenvalue weighted by molar-refractivity contribution is -0.138. The third-order valence-corrected chi connectivity index (χ3v) is 3.31. The fraction of sp³-hybridized carbons (Fsp3) is 0.591. The number of epoxide rings is 1. The molecular weight excluding hydrogens is 376 g/mol. The molecule has 0 aromatic heterocycles. The molecule has 0 spiro atoms. The topological polar surface area (TPSA) is 102 Å². The van der Waals surface area contributed by atoms with E-state index in [0.717, 1.165) is 31.6 Å². The van der Waals surface area contributed by atoms with Gasteiger partial charge in [-0.25, -0.2) is 4.79 Å². The molecule has 7 nitrogen and oxygen atoms in total. The Labute approximate surface area is 174 Å². The summed E-state index contributed by atoms with van der Waals surface area (Å²) in [6.45, 7) is 13.8. The van der Waals surface area contributed by atoms with Crippen molar-refractivity contribution in [1.29, 1.82) is 0 Å². The van der Waals surface area contributed by atoms with Gasteiger partial charge in [0.15, 0.2) is 0 Å². The minimum atomic E-state index is -0.672. The fourth-order valence-electron chi connectivity index (χ4n) is 1.79. The molecule has 0 amide bonds. The number of carbonyl (C=O) groups excluding carboxylic acids is 2. The van der Waals surface area contributed by atoms with Gasteiger partial charge in [0.25, 0.3) is 0 Å². The molecule has 7 heteroatoms. The monoisotopic (exact) mass is 412 g/mol. The predicted octanol–water partition coefficient (Wildman–Crippen LogP) is 4.43. The number of carboxylic acid groups (broad SMARTS) is 1. The Morgan fingerprint density at radius 1 is 1.21 bits per heavy atom. The normalized spacial score (nSPS) is 14.0. The highest BCUT2D eigenvalue weighted by Crippen LogP contribution is 2.09. The van der Waals surface area contributed by atoms with Gasteiger partial charge in [-0.2, -0.15) is 0 Å². The third kappa shape index (κ3) is 27.9. The van der Waals surface area contributed by atoms with Gasteiger partial charge in [-0.05, 0) is 19.3 Å². The lowest BCUT2D eigenvalue weighted by Crippen LogP contribution is -2.06. The first kappa shape index (κ1) is 28.8. The van der Waals surface area contributed by atoms with Crippen LogP contribution in [-0.4, -0.2) is 42.3 Å². The number of esters is 2. The smallest absolute Gasteiger partial charge is 0.330 e. The summed E-state index contributed by atoms with van der Waals surface area (Å²) in [4.78, 5) is 31.0. The second-order valence-electron chi connectivity index (χ2n) is 6.62. The molecule has 1 heterocycles. The number of unbranched alkanes of at least 4 members (excludes halogenated alkanes) is 2. The number of hydrogen-bond acceptors (Lipinski definition) is 6. The van der Waals surface area contributed by atoms with Crippen LogP contribution in [0.4, 0.5) is 0 Å². The maximum Gasteiger partial charge on any atom is 0.330 e. The van der Waals surface area contributed by atoms with Crippen LogP contribution in [0.25, 0.3) is 0 Å². The van der Waals surface area contributed by atoms with Crippen LogP contribution in [0.5, 0.6) is 0 Å². The molecule has 1 atom stereocenters. The van der Waals surface area contributed by atoms with Crippen molar-refractivity contribution < 1.29 is 33.7 Å². The van der Waals surface area contributed by atoms with Crippen molar-refractivity contribution in [3.63, 3.8) is 0 Å². The molecule has 0 aromatic rings. The second-order valence-corrected chi connectivity index (χ2v) is 6.62. The number of aliphatic carboxylic acids is 1. The van der Waals surface area contributed by atoms with Crippen molar-refractivity contribution in [1.82, 2.24) is 0 Å². The summed E-state index contributed by atoms with van der Waals surface area (Å²) >= 11 is 0. The Morgan fingerprint density at radius 2 is 1.86 bits per heavy atom. The Balaban J connectivity index is 0. The lowest BCUT2D eigenvalue weighted by atomic mass is 10.0. The molecule has 1 saturated heterocycles. The predicted molar refractivity (Wildman–Crippen MR) is 112 cm³/mol. The maximum atomic E-state index is 10.6. The van der Waals surface area contributed by atoms with Crippen molar-refractivity contribution in [2.24, 2.45) is 5.92 Å². The van der Waals surface area contributed by atoms with E-state index in [0.29, 0.717) is 13.0 Å². The molecule has 0 aliphatic carbocycles. The third-order valence-electron chi connectivity index (χ3n) is 3.31. The van der Waals surface area contributed by atoms with Crippen molar-refractivity contribution in [3.8, 4) is 0 Å². The van der Waals surface area contributed by atoms with E-state index in [1.54, 1.807) is 13.0 Å². The van der Waals surface area contributed by atoms with Gasteiger partial charge in [0.2, 0.25) is 0 Å². The minimum absolute atomic E-state index is 0.161. The van der Waals surface area contributed by atoms with Crippen LogP contribution in [-0.2, 0) is 28.6 Å². The molecule has 1 rings (SSSR count). The number of carboxylic acids is 1. The van der Waals surface area contributed by atoms with E-state index >= 15 is 0 Å². The van der Waals surface area contributed by atoms with Crippen LogP contribution < -0.4 is 0 Å². The average molecular weight is 413 g/mol. The Bertz CT molecular complexity index is 493. The minimum Gasteiger partial charge on any atom is -0.481 e. The van der Waals surface area contributed by atoms with Crippen LogP contribution >= 0.6 is 0 Å². The van der Waals surface area contributed by atoms with Gasteiger partial charge >= 0.3 is 17.9 Å². The summed E-state index contributed by atoms with van der Waals surface area (Å²) in [7, 11) is 0. The van der Waals surface area contributed by atoms with Gasteiger partial charge in [0.1, 0.15) is 12.7 Å². The van der Waals surface area contributed by atoms with Crippen LogP contribution in [0.3, 0.4) is 0 Å². The van der Waals surface area contributed by atoms with Gasteiger partial charge in [0, 0.05) is 12.5 Å². The van der Waals surface area contributed by atoms with Gasteiger partial charge < -0.3 is 19.3 Å². The summed E-state index contributed by atoms with van der Waals surface area (Å²) in [5.41, 5.74) is 0. The first-order valence-corrected chi connectivity index (χ1v) is 9.80. The zero-order valence-corrected chi connectivity index (χ0v) is 17.9. The van der Waals surface area contributed by atoms with Crippen molar-refractivity contribution in [2.75, 3.05) is 13.2 Å². The van der Waals surface area contributed by atoms with E-state index in [2.05, 4.69) is 31.7 Å². The molecule has 1 aliphatic heterocycles. The average Bonchev–Trinajstić information content (AvgIpc) is 3.45. The van der Waals surface area contributed by atoms with E-state index in [-0.39, 0.29) is 24.5 Å². The molecule has 1 N–H and O–H groups in total. The lowest BCUT2D eigenvalue weighted by Gasteiger charge is -2.02. The molecule has 0 saturated carbocycles. The number of hydrogen-bond donors (Lipinski definition) is 1. The second kappa shape index (κ2) is 20.3. The Kier molecular flexibility index (Phi) is 20.2. The Morgan fingerprint density at radius 3 is 2.31 bits per heavy atom. The van der Waals surface area contributed by atoms with Crippen molar-refractivity contribution >= 4 is 17.9 Å². The van der Waals surface area contributed by atoms with Crippen LogP contribution in [0.1, 0.15) is 59.3 Å². The highest BCUT2D eigenvalue weighted by atomic mass is 16.6. The van der Waals surface area contributed by atoms with E-state index in [1.165, 1.54) is 25.0 Å². The SMILES string of the molecule is C/C=C/C(=O)OCC1CO1.C=CCC(=O)OC=C.CC(C)CCCCCC(=O)O. The van der Waals surface area contributed by atoms with Crippen LogP contribution in [0, 0.1) is 5.92 Å². The first-order chi connectivity index (χ1) is 13.8. The van der Waals surface area contributed by atoms with E-state index < -0.39 is 5.97 Å². The van der Waals surface area contributed by atoms with Gasteiger partial charge in [-0.3, -0.25) is 9.59 Å². The van der Waals surface area contributed by atoms with Crippen molar-refractivity contribution in [2.45, 2.75) is 65.4 Å². The van der Waals surface area contributed by atoms with Crippen LogP contribution in [0.15, 0.2) is 37.6 Å². The standard InChI is InChI=1S/C9H18O2.C7H10O3.C6H8O2/c1-8(2)6-4-3-5-7-9(10)11;1-2-3-7(8)10-5-6-4-9-6;1-3-5-6(7)8-4-2/h8H,3-7H2,1-2H3,(H,10,11);2-3,6H,4-5H2,1H3;3-4H,1-2,5H2/b;3-2+;. The molecule has 0 radical (unpaired) electrons. The molecule has 1 aliphatic rings. The molecule has 0 aromatic carbocycles. The number of rotatable bonds is 12. The zero-order chi connectivity index (χ0) is 22.5. The van der Waals surface area contributed by atoms with Gasteiger partial charge in [-0.1, -0.05) is 51.8 Å². The van der Waals surface area contributed by atoms with Crippen LogP contribution in [0.2, 0.25) is 0 Å². The summed E-state index contributed by atoms with van der Waals surface area (Å²) in [5.74, 6) is -0.539. The quantitative estimate of drug-likeness (QED) is 0.126.